The summed E-state index contributed by atoms with van der Waals surface area (Å²) in [6.45, 7) is 1.38. The molecule has 1 amide bonds. The van der Waals surface area contributed by atoms with Crippen LogP contribution in [0, 0.1) is 10.1 Å². The summed E-state index contributed by atoms with van der Waals surface area (Å²) in [6.07, 6.45) is 2.70. The summed E-state index contributed by atoms with van der Waals surface area (Å²) in [5.41, 5.74) is 0.702. The molecule has 1 aliphatic heterocycles. The Bertz CT molecular complexity index is 862. The molecule has 0 bridgehead atoms. The Kier molecular flexibility index (Phi) is 4.85. The summed E-state index contributed by atoms with van der Waals surface area (Å²) in [7, 11) is 0. The van der Waals surface area contributed by atoms with E-state index in [4.69, 9.17) is 0 Å². The number of thioether (sulfide) groups is 1. The Labute approximate surface area is 149 Å². The molecular formula is C18H16N2O4S. The number of hydrogen-bond acceptors (Lipinski definition) is 5. The Balaban J connectivity index is 2.00. The van der Waals surface area contributed by atoms with Crippen LogP contribution in [0.4, 0.5) is 5.69 Å². The lowest BCUT2D eigenvalue weighted by Gasteiger charge is -2.31. The standard InChI is InChI=1S/C18H16N2O4S/c1-25-16-8-7-12(11-15(16)20(23)24)17(21)13-5-2-3-6-14(13)18(22)19-9-4-10-19/h2-3,5-8,11H,4,9-10H2,1H3. The highest BCUT2D eigenvalue weighted by Gasteiger charge is 2.26. The van der Waals surface area contributed by atoms with E-state index in [-0.39, 0.29) is 28.5 Å². The summed E-state index contributed by atoms with van der Waals surface area (Å²) in [6, 6.07) is 11.0. The maximum Gasteiger partial charge on any atom is 0.283 e. The zero-order chi connectivity index (χ0) is 18.0. The predicted octanol–water partition coefficient (Wildman–Crippen LogP) is 3.39. The van der Waals surface area contributed by atoms with Gasteiger partial charge in [-0.05, 0) is 30.9 Å². The van der Waals surface area contributed by atoms with Crippen LogP contribution in [-0.4, -0.2) is 40.9 Å². The van der Waals surface area contributed by atoms with Crippen molar-refractivity contribution < 1.29 is 14.5 Å². The highest BCUT2D eigenvalue weighted by molar-refractivity contribution is 7.98. The molecule has 3 rings (SSSR count). The van der Waals surface area contributed by atoms with Gasteiger partial charge in [-0.25, -0.2) is 0 Å². The Morgan fingerprint density at radius 2 is 1.80 bits per heavy atom. The van der Waals surface area contributed by atoms with Gasteiger partial charge in [0.05, 0.1) is 15.4 Å². The maximum atomic E-state index is 12.9. The van der Waals surface area contributed by atoms with Crippen molar-refractivity contribution in [2.45, 2.75) is 11.3 Å². The molecule has 6 nitrogen and oxygen atoms in total. The van der Waals surface area contributed by atoms with E-state index in [1.54, 1.807) is 47.6 Å². The quantitative estimate of drug-likeness (QED) is 0.355. The smallest absolute Gasteiger partial charge is 0.283 e. The van der Waals surface area contributed by atoms with Crippen molar-refractivity contribution in [1.29, 1.82) is 0 Å². The number of nitrogens with zero attached hydrogens (tertiary/aromatic N) is 2. The molecule has 0 radical (unpaired) electrons. The SMILES string of the molecule is CSc1ccc(C(=O)c2ccccc2C(=O)N2CCC2)cc1[N+](=O)[O-]. The second-order valence-electron chi connectivity index (χ2n) is 5.66. The number of carbonyl (C=O) groups is 2. The van der Waals surface area contributed by atoms with Crippen molar-refractivity contribution in [1.82, 2.24) is 4.90 Å². The number of ketones is 1. The molecule has 1 saturated heterocycles. The van der Waals surface area contributed by atoms with Crippen molar-refractivity contribution in [2.24, 2.45) is 0 Å². The minimum absolute atomic E-state index is 0.107. The van der Waals surface area contributed by atoms with E-state index in [9.17, 15) is 19.7 Å². The van der Waals surface area contributed by atoms with E-state index >= 15 is 0 Å². The van der Waals surface area contributed by atoms with Crippen LogP contribution in [0.5, 0.6) is 0 Å². The molecule has 2 aromatic rings. The molecule has 0 atom stereocenters. The van der Waals surface area contributed by atoms with Gasteiger partial charge in [-0.3, -0.25) is 19.7 Å². The van der Waals surface area contributed by atoms with Gasteiger partial charge in [-0.15, -0.1) is 11.8 Å². The summed E-state index contributed by atoms with van der Waals surface area (Å²) < 4.78 is 0. The number of carbonyl (C=O) groups excluding carboxylic acids is 2. The zero-order valence-corrected chi connectivity index (χ0v) is 14.4. The van der Waals surface area contributed by atoms with Gasteiger partial charge in [0.1, 0.15) is 0 Å². The van der Waals surface area contributed by atoms with Gasteiger partial charge in [-0.1, -0.05) is 18.2 Å². The first-order valence-corrected chi connectivity index (χ1v) is 9.01. The zero-order valence-electron chi connectivity index (χ0n) is 13.6. The average Bonchev–Trinajstić information content (AvgIpc) is 2.59. The number of nitro groups is 1. The van der Waals surface area contributed by atoms with Crippen molar-refractivity contribution in [3.63, 3.8) is 0 Å². The molecule has 7 heteroatoms. The minimum Gasteiger partial charge on any atom is -0.338 e. The number of amides is 1. The number of nitro benzene ring substituents is 1. The van der Waals surface area contributed by atoms with Crippen molar-refractivity contribution in [3.05, 3.63) is 69.3 Å². The topological polar surface area (TPSA) is 80.5 Å². The lowest BCUT2D eigenvalue weighted by molar-refractivity contribution is -0.387. The molecule has 1 heterocycles. The fraction of sp³-hybridized carbons (Fsp3) is 0.222. The Hall–Kier alpha value is -2.67. The van der Waals surface area contributed by atoms with Gasteiger partial charge in [0.15, 0.2) is 5.78 Å². The van der Waals surface area contributed by atoms with Crippen LogP contribution in [-0.2, 0) is 0 Å². The third-order valence-corrected chi connectivity index (χ3v) is 4.97. The van der Waals surface area contributed by atoms with Crippen LogP contribution in [0.25, 0.3) is 0 Å². The van der Waals surface area contributed by atoms with E-state index in [0.717, 1.165) is 6.42 Å². The number of benzene rings is 2. The van der Waals surface area contributed by atoms with Crippen LogP contribution in [0.1, 0.15) is 32.7 Å². The second kappa shape index (κ2) is 7.06. The van der Waals surface area contributed by atoms with E-state index in [2.05, 4.69) is 0 Å². The molecule has 0 aliphatic carbocycles. The van der Waals surface area contributed by atoms with Crippen LogP contribution >= 0.6 is 11.8 Å². The Morgan fingerprint density at radius 3 is 2.36 bits per heavy atom. The second-order valence-corrected chi connectivity index (χ2v) is 6.51. The van der Waals surface area contributed by atoms with Crippen LogP contribution in [0.3, 0.4) is 0 Å². The lowest BCUT2D eigenvalue weighted by Crippen LogP contribution is -2.42. The van der Waals surface area contributed by atoms with Crippen LogP contribution in [0.15, 0.2) is 47.4 Å². The van der Waals surface area contributed by atoms with Gasteiger partial charge in [0.2, 0.25) is 0 Å². The fourth-order valence-corrected chi connectivity index (χ4v) is 3.23. The van der Waals surface area contributed by atoms with Crippen LogP contribution < -0.4 is 0 Å². The normalized spacial score (nSPS) is 13.2. The fourth-order valence-electron chi connectivity index (χ4n) is 2.69. The number of rotatable bonds is 5. The summed E-state index contributed by atoms with van der Waals surface area (Å²) in [4.78, 5) is 38.3. The van der Waals surface area contributed by atoms with E-state index in [1.165, 1.54) is 17.8 Å². The molecule has 0 saturated carbocycles. The summed E-state index contributed by atoms with van der Waals surface area (Å²) in [5.74, 6) is -0.564. The van der Waals surface area contributed by atoms with Gasteiger partial charge >= 0.3 is 0 Å². The number of likely N-dealkylation sites (tertiary alicyclic amines) is 1. The molecule has 128 valence electrons. The van der Waals surface area contributed by atoms with E-state index in [0.29, 0.717) is 23.5 Å². The highest BCUT2D eigenvalue weighted by Crippen LogP contribution is 2.29. The summed E-state index contributed by atoms with van der Waals surface area (Å²) in [5, 5.41) is 11.2. The molecule has 0 unspecified atom stereocenters. The molecular weight excluding hydrogens is 340 g/mol. The number of hydrogen-bond donors (Lipinski definition) is 0. The molecule has 2 aromatic carbocycles. The average molecular weight is 356 g/mol. The van der Waals surface area contributed by atoms with Gasteiger partial charge in [0.25, 0.3) is 11.6 Å². The molecule has 0 aromatic heterocycles. The summed E-state index contributed by atoms with van der Waals surface area (Å²) >= 11 is 1.25. The first kappa shape index (κ1) is 17.2. The van der Waals surface area contributed by atoms with Crippen LogP contribution in [0.2, 0.25) is 0 Å². The molecule has 1 fully saturated rings. The molecule has 0 N–H and O–H groups in total. The van der Waals surface area contributed by atoms with Crippen molar-refractivity contribution in [2.75, 3.05) is 19.3 Å². The minimum atomic E-state index is -0.500. The Morgan fingerprint density at radius 1 is 1.12 bits per heavy atom. The molecule has 1 aliphatic rings. The molecule has 25 heavy (non-hydrogen) atoms. The van der Waals surface area contributed by atoms with E-state index in [1.807, 2.05) is 0 Å². The first-order valence-electron chi connectivity index (χ1n) is 7.78. The molecule has 0 spiro atoms. The van der Waals surface area contributed by atoms with Crippen molar-refractivity contribution in [3.8, 4) is 0 Å². The van der Waals surface area contributed by atoms with E-state index < -0.39 is 4.92 Å². The third-order valence-electron chi connectivity index (χ3n) is 4.18. The third kappa shape index (κ3) is 3.28. The van der Waals surface area contributed by atoms with Gasteiger partial charge in [0, 0.05) is 30.3 Å². The first-order chi connectivity index (χ1) is 12.0. The monoisotopic (exact) mass is 356 g/mol. The van der Waals surface area contributed by atoms with Gasteiger partial charge < -0.3 is 4.90 Å². The highest BCUT2D eigenvalue weighted by atomic mass is 32.2. The maximum absolute atomic E-state index is 12.9. The predicted molar refractivity (Wildman–Crippen MR) is 95.3 cm³/mol. The van der Waals surface area contributed by atoms with Gasteiger partial charge in [-0.2, -0.15) is 0 Å². The lowest BCUT2D eigenvalue weighted by atomic mass is 9.96. The largest absolute Gasteiger partial charge is 0.338 e. The van der Waals surface area contributed by atoms with Crippen molar-refractivity contribution >= 4 is 29.1 Å².